The fraction of sp³-hybridized carbons (Fsp3) is 0.167. The standard InChI is InChI=1S/C12H10O4/c1-14-11-8-3-5-15-10(8)9(6-13)7-2-4-16-12(7)11/h2-5,13H,6H2,1H3. The molecule has 0 aliphatic carbocycles. The summed E-state index contributed by atoms with van der Waals surface area (Å²) in [4.78, 5) is 0. The van der Waals surface area contributed by atoms with Crippen molar-refractivity contribution in [2.24, 2.45) is 0 Å². The number of rotatable bonds is 2. The Kier molecular flexibility index (Phi) is 1.91. The Bertz CT molecular complexity index is 543. The van der Waals surface area contributed by atoms with E-state index in [-0.39, 0.29) is 6.61 Å². The van der Waals surface area contributed by atoms with Crippen molar-refractivity contribution in [3.8, 4) is 5.75 Å². The lowest BCUT2D eigenvalue weighted by Gasteiger charge is -2.06. The van der Waals surface area contributed by atoms with E-state index in [4.69, 9.17) is 13.6 Å². The number of methoxy groups -OCH3 is 1. The van der Waals surface area contributed by atoms with Gasteiger partial charge in [-0.25, -0.2) is 0 Å². The van der Waals surface area contributed by atoms with Crippen LogP contribution in [0.1, 0.15) is 5.56 Å². The van der Waals surface area contributed by atoms with Crippen molar-refractivity contribution in [2.75, 3.05) is 7.11 Å². The van der Waals surface area contributed by atoms with Crippen molar-refractivity contribution < 1.29 is 18.7 Å². The Hall–Kier alpha value is -1.94. The first-order chi connectivity index (χ1) is 7.86. The highest BCUT2D eigenvalue weighted by molar-refractivity contribution is 6.04. The molecule has 3 aromatic rings. The number of ether oxygens (including phenoxy) is 1. The minimum absolute atomic E-state index is 0.0932. The third-order valence-electron chi connectivity index (χ3n) is 2.74. The number of aliphatic hydroxyl groups excluding tert-OH is 1. The molecular weight excluding hydrogens is 208 g/mol. The van der Waals surface area contributed by atoms with Crippen molar-refractivity contribution in [3.63, 3.8) is 0 Å². The van der Waals surface area contributed by atoms with Gasteiger partial charge in [0.15, 0.2) is 11.3 Å². The lowest BCUT2D eigenvalue weighted by atomic mass is 10.1. The number of fused-ring (bicyclic) bond motifs is 2. The van der Waals surface area contributed by atoms with Crippen LogP contribution in [-0.4, -0.2) is 12.2 Å². The highest BCUT2D eigenvalue weighted by Crippen LogP contribution is 2.39. The molecule has 0 radical (unpaired) electrons. The SMILES string of the molecule is COc1c2ccoc2c(CO)c2ccoc12. The molecule has 0 saturated heterocycles. The maximum atomic E-state index is 9.39. The van der Waals surface area contributed by atoms with E-state index in [2.05, 4.69) is 0 Å². The van der Waals surface area contributed by atoms with E-state index in [1.54, 1.807) is 31.8 Å². The van der Waals surface area contributed by atoms with E-state index >= 15 is 0 Å². The predicted molar refractivity (Wildman–Crippen MR) is 58.5 cm³/mol. The van der Waals surface area contributed by atoms with Gasteiger partial charge in [0.25, 0.3) is 0 Å². The Labute approximate surface area is 91.0 Å². The van der Waals surface area contributed by atoms with Gasteiger partial charge in [0.2, 0.25) is 0 Å². The van der Waals surface area contributed by atoms with Crippen LogP contribution in [0.15, 0.2) is 33.5 Å². The minimum Gasteiger partial charge on any atom is -0.492 e. The first-order valence-corrected chi connectivity index (χ1v) is 4.91. The van der Waals surface area contributed by atoms with Crippen LogP contribution in [0.3, 0.4) is 0 Å². The molecule has 3 rings (SSSR count). The molecule has 4 nitrogen and oxygen atoms in total. The highest BCUT2D eigenvalue weighted by Gasteiger charge is 2.18. The molecule has 0 amide bonds. The average molecular weight is 218 g/mol. The molecule has 4 heteroatoms. The first kappa shape index (κ1) is 9.30. The zero-order valence-electron chi connectivity index (χ0n) is 8.69. The van der Waals surface area contributed by atoms with E-state index in [1.165, 1.54) is 0 Å². The molecule has 0 atom stereocenters. The van der Waals surface area contributed by atoms with Gasteiger partial charge in [-0.1, -0.05) is 0 Å². The fourth-order valence-electron chi connectivity index (χ4n) is 2.05. The third-order valence-corrected chi connectivity index (χ3v) is 2.74. The van der Waals surface area contributed by atoms with E-state index in [9.17, 15) is 5.11 Å². The van der Waals surface area contributed by atoms with Crippen molar-refractivity contribution in [1.82, 2.24) is 0 Å². The van der Waals surface area contributed by atoms with E-state index in [1.807, 2.05) is 0 Å². The molecule has 0 unspecified atom stereocenters. The van der Waals surface area contributed by atoms with Crippen molar-refractivity contribution in [1.29, 1.82) is 0 Å². The smallest absolute Gasteiger partial charge is 0.176 e. The number of hydrogen-bond acceptors (Lipinski definition) is 4. The number of aliphatic hydroxyl groups is 1. The monoisotopic (exact) mass is 218 g/mol. The van der Waals surface area contributed by atoms with E-state index < -0.39 is 0 Å². The molecule has 2 aromatic heterocycles. The van der Waals surface area contributed by atoms with Crippen LogP contribution in [0.4, 0.5) is 0 Å². The molecule has 1 aromatic carbocycles. The van der Waals surface area contributed by atoms with Crippen molar-refractivity contribution in [2.45, 2.75) is 6.61 Å². The fourth-order valence-corrected chi connectivity index (χ4v) is 2.05. The van der Waals surface area contributed by atoms with Gasteiger partial charge in [-0.15, -0.1) is 0 Å². The summed E-state index contributed by atoms with van der Waals surface area (Å²) in [6.45, 7) is -0.0932. The van der Waals surface area contributed by atoms with Gasteiger partial charge in [-0.2, -0.15) is 0 Å². The molecule has 0 spiro atoms. The first-order valence-electron chi connectivity index (χ1n) is 4.91. The molecular formula is C12H10O4. The van der Waals surface area contributed by atoms with Crippen LogP contribution in [0.5, 0.6) is 5.75 Å². The second-order valence-electron chi connectivity index (χ2n) is 3.50. The van der Waals surface area contributed by atoms with E-state index in [0.29, 0.717) is 16.9 Å². The highest BCUT2D eigenvalue weighted by atomic mass is 16.5. The second kappa shape index (κ2) is 3.28. The summed E-state index contributed by atoms with van der Waals surface area (Å²) in [5.41, 5.74) is 2.01. The maximum Gasteiger partial charge on any atom is 0.176 e. The number of furan rings is 2. The molecule has 82 valence electrons. The minimum atomic E-state index is -0.0932. The normalized spacial score (nSPS) is 11.4. The summed E-state index contributed by atoms with van der Waals surface area (Å²) in [7, 11) is 1.59. The van der Waals surface area contributed by atoms with Gasteiger partial charge < -0.3 is 18.7 Å². The van der Waals surface area contributed by atoms with Crippen molar-refractivity contribution in [3.05, 3.63) is 30.2 Å². The molecule has 1 N–H and O–H groups in total. The predicted octanol–water partition coefficient (Wildman–Crippen LogP) is 2.68. The summed E-state index contributed by atoms with van der Waals surface area (Å²) in [5, 5.41) is 11.0. The number of benzene rings is 1. The Morgan fingerprint density at radius 3 is 2.50 bits per heavy atom. The number of hydrogen-bond donors (Lipinski definition) is 1. The van der Waals surface area contributed by atoms with Gasteiger partial charge in [-0.05, 0) is 12.1 Å². The third kappa shape index (κ3) is 1.02. The summed E-state index contributed by atoms with van der Waals surface area (Å²) in [6.07, 6.45) is 3.15. The molecule has 0 aliphatic rings. The molecule has 0 aliphatic heterocycles. The van der Waals surface area contributed by atoms with Crippen LogP contribution in [-0.2, 0) is 6.61 Å². The van der Waals surface area contributed by atoms with Crippen LogP contribution in [0.2, 0.25) is 0 Å². The Morgan fingerprint density at radius 2 is 1.81 bits per heavy atom. The van der Waals surface area contributed by atoms with Crippen LogP contribution in [0.25, 0.3) is 21.9 Å². The topological polar surface area (TPSA) is 55.7 Å². The van der Waals surface area contributed by atoms with Crippen LogP contribution >= 0.6 is 0 Å². The van der Waals surface area contributed by atoms with Gasteiger partial charge in [0.05, 0.1) is 31.6 Å². The second-order valence-corrected chi connectivity index (χ2v) is 3.50. The van der Waals surface area contributed by atoms with Gasteiger partial charge in [-0.3, -0.25) is 0 Å². The van der Waals surface area contributed by atoms with Gasteiger partial charge in [0.1, 0.15) is 5.58 Å². The quantitative estimate of drug-likeness (QED) is 0.718. The average Bonchev–Trinajstić information content (AvgIpc) is 2.93. The van der Waals surface area contributed by atoms with Crippen LogP contribution in [0, 0.1) is 0 Å². The zero-order chi connectivity index (χ0) is 11.1. The lowest BCUT2D eigenvalue weighted by Crippen LogP contribution is -1.90. The molecule has 2 heterocycles. The van der Waals surface area contributed by atoms with Crippen molar-refractivity contribution >= 4 is 21.9 Å². The summed E-state index contributed by atoms with van der Waals surface area (Å²) >= 11 is 0. The Balaban J connectivity index is 2.59. The zero-order valence-corrected chi connectivity index (χ0v) is 8.69. The summed E-state index contributed by atoms with van der Waals surface area (Å²) < 4.78 is 16.1. The van der Waals surface area contributed by atoms with Gasteiger partial charge in [0, 0.05) is 10.9 Å². The molecule has 0 saturated carbocycles. The molecule has 0 fully saturated rings. The largest absolute Gasteiger partial charge is 0.492 e. The summed E-state index contributed by atoms with van der Waals surface area (Å²) in [5.74, 6) is 0.640. The Morgan fingerprint density at radius 1 is 1.12 bits per heavy atom. The summed E-state index contributed by atoms with van der Waals surface area (Å²) in [6, 6.07) is 3.60. The molecule has 16 heavy (non-hydrogen) atoms. The van der Waals surface area contributed by atoms with E-state index in [0.717, 1.165) is 16.3 Å². The van der Waals surface area contributed by atoms with Gasteiger partial charge >= 0.3 is 0 Å². The lowest BCUT2D eigenvalue weighted by molar-refractivity contribution is 0.283. The molecule has 0 bridgehead atoms. The maximum absolute atomic E-state index is 9.39. The van der Waals surface area contributed by atoms with Crippen LogP contribution < -0.4 is 4.74 Å².